The maximum Gasteiger partial charge on any atom is 0.126 e. The third-order valence-corrected chi connectivity index (χ3v) is 3.16. The number of hydrogen-bond donors (Lipinski definition) is 0. The third-order valence-electron chi connectivity index (χ3n) is 1.81. The lowest BCUT2D eigenvalue weighted by molar-refractivity contribution is 0.609. The summed E-state index contributed by atoms with van der Waals surface area (Å²) in [7, 11) is 2.70. The van der Waals surface area contributed by atoms with E-state index in [1.54, 1.807) is 4.31 Å². The zero-order valence-corrected chi connectivity index (χ0v) is 10.6. The molecule has 0 N–H and O–H groups in total. The van der Waals surface area contributed by atoms with Crippen LogP contribution in [0.4, 0.5) is 0 Å². The molecule has 0 fully saturated rings. The molecule has 0 bridgehead atoms. The minimum atomic E-state index is -0.961. The van der Waals surface area contributed by atoms with E-state index in [-0.39, 0.29) is 0 Å². The fourth-order valence-corrected chi connectivity index (χ4v) is 2.13. The summed E-state index contributed by atoms with van der Waals surface area (Å²) in [5.41, 5.74) is 1.32. The van der Waals surface area contributed by atoms with Crippen LogP contribution in [0.1, 0.15) is 33.6 Å². The average molecular weight is 215 g/mol. The maximum atomic E-state index is 11.6. The molecule has 2 nitrogen and oxygen atoms in total. The summed E-state index contributed by atoms with van der Waals surface area (Å²) in [6.07, 6.45) is 6.22. The Balaban J connectivity index is 0.000000791. The highest BCUT2D eigenvalue weighted by Gasteiger charge is 2.10. The minimum Gasteiger partial charge on any atom is -0.237 e. The molecule has 0 heterocycles. The van der Waals surface area contributed by atoms with Crippen molar-refractivity contribution in [3.63, 3.8) is 0 Å². The first-order valence-corrected chi connectivity index (χ1v) is 6.18. The second kappa shape index (κ2) is 6.96. The maximum absolute atomic E-state index is 11.6. The second-order valence-corrected chi connectivity index (χ2v) is 4.90. The van der Waals surface area contributed by atoms with Gasteiger partial charge in [-0.05, 0) is 39.9 Å². The molecule has 1 atom stereocenters. The Bertz CT molecular complexity index is 254. The van der Waals surface area contributed by atoms with Gasteiger partial charge < -0.3 is 0 Å². The molecule has 82 valence electrons. The lowest BCUT2D eigenvalue weighted by atomic mass is 10.1. The molecule has 1 aliphatic carbocycles. The van der Waals surface area contributed by atoms with Gasteiger partial charge in [-0.1, -0.05) is 25.5 Å². The minimum absolute atomic E-state index is 0.948. The summed E-state index contributed by atoms with van der Waals surface area (Å²) in [6.45, 7) is 6.08. The van der Waals surface area contributed by atoms with E-state index in [1.165, 1.54) is 5.57 Å². The van der Waals surface area contributed by atoms with Crippen LogP contribution >= 0.6 is 0 Å². The van der Waals surface area contributed by atoms with Gasteiger partial charge in [0.1, 0.15) is 11.0 Å². The summed E-state index contributed by atoms with van der Waals surface area (Å²) >= 11 is 0. The Labute approximate surface area is 90.3 Å². The van der Waals surface area contributed by atoms with Crippen LogP contribution in [0.5, 0.6) is 0 Å². The molecule has 0 saturated carbocycles. The van der Waals surface area contributed by atoms with Crippen molar-refractivity contribution in [2.45, 2.75) is 33.6 Å². The first-order valence-electron chi connectivity index (χ1n) is 5.08. The molecule has 3 heteroatoms. The molecule has 0 aromatic carbocycles. The number of rotatable bonds is 2. The van der Waals surface area contributed by atoms with E-state index in [4.69, 9.17) is 0 Å². The largest absolute Gasteiger partial charge is 0.237 e. The highest BCUT2D eigenvalue weighted by molar-refractivity contribution is 7.86. The predicted molar refractivity (Wildman–Crippen MR) is 64.3 cm³/mol. The van der Waals surface area contributed by atoms with Crippen molar-refractivity contribution in [2.24, 2.45) is 0 Å². The molecule has 0 radical (unpaired) electrons. The average Bonchev–Trinajstić information content (AvgIpc) is 2.19. The van der Waals surface area contributed by atoms with Gasteiger partial charge in [0.25, 0.3) is 0 Å². The van der Waals surface area contributed by atoms with Gasteiger partial charge in [-0.2, -0.15) is 0 Å². The van der Waals surface area contributed by atoms with Crippen LogP contribution in [0.2, 0.25) is 0 Å². The molecule has 0 amide bonds. The van der Waals surface area contributed by atoms with Crippen LogP contribution < -0.4 is 0 Å². The molecule has 1 unspecified atom stereocenters. The van der Waals surface area contributed by atoms with Crippen molar-refractivity contribution in [1.29, 1.82) is 0 Å². The zero-order chi connectivity index (χ0) is 11.1. The topological polar surface area (TPSA) is 20.3 Å². The van der Waals surface area contributed by atoms with Crippen LogP contribution in [-0.4, -0.2) is 22.6 Å². The SMILES string of the molecule is CC.CC1=CC(S(=O)N(C)C)=CCC1. The summed E-state index contributed by atoms with van der Waals surface area (Å²) in [4.78, 5) is 0.948. The van der Waals surface area contributed by atoms with Gasteiger partial charge >= 0.3 is 0 Å². The molecule has 0 aliphatic heterocycles. The van der Waals surface area contributed by atoms with Crippen molar-refractivity contribution in [1.82, 2.24) is 4.31 Å². The molecular formula is C11H21NOS. The number of hydrogen-bond acceptors (Lipinski definition) is 1. The van der Waals surface area contributed by atoms with Crippen LogP contribution in [0.3, 0.4) is 0 Å². The van der Waals surface area contributed by atoms with Gasteiger partial charge in [-0.3, -0.25) is 0 Å². The monoisotopic (exact) mass is 215 g/mol. The summed E-state index contributed by atoms with van der Waals surface area (Å²) in [5, 5.41) is 0. The van der Waals surface area contributed by atoms with Crippen LogP contribution in [0, 0.1) is 0 Å². The molecule has 14 heavy (non-hydrogen) atoms. The van der Waals surface area contributed by atoms with Crippen LogP contribution in [-0.2, 0) is 11.0 Å². The molecule has 0 aromatic rings. The number of allylic oxidation sites excluding steroid dienone is 3. The van der Waals surface area contributed by atoms with E-state index in [0.29, 0.717) is 0 Å². The second-order valence-electron chi connectivity index (χ2n) is 3.20. The van der Waals surface area contributed by atoms with Gasteiger partial charge in [-0.15, -0.1) is 0 Å². The van der Waals surface area contributed by atoms with E-state index in [9.17, 15) is 4.21 Å². The molecule has 0 saturated heterocycles. The molecule has 0 spiro atoms. The highest BCUT2D eigenvalue weighted by Crippen LogP contribution is 2.19. The lowest BCUT2D eigenvalue weighted by Gasteiger charge is -2.14. The van der Waals surface area contributed by atoms with Crippen molar-refractivity contribution in [3.8, 4) is 0 Å². The predicted octanol–water partition coefficient (Wildman–Crippen LogP) is 2.86. The van der Waals surface area contributed by atoms with Gasteiger partial charge in [0, 0.05) is 0 Å². The first kappa shape index (κ1) is 13.6. The first-order chi connectivity index (χ1) is 6.61. The van der Waals surface area contributed by atoms with Crippen molar-refractivity contribution >= 4 is 11.0 Å². The fourth-order valence-electron chi connectivity index (χ4n) is 1.15. The van der Waals surface area contributed by atoms with Crippen molar-refractivity contribution in [3.05, 3.63) is 22.6 Å². The Morgan fingerprint density at radius 2 is 1.93 bits per heavy atom. The smallest absolute Gasteiger partial charge is 0.126 e. The number of nitrogens with zero attached hydrogens (tertiary/aromatic N) is 1. The fraction of sp³-hybridized carbons (Fsp3) is 0.636. The van der Waals surface area contributed by atoms with Gasteiger partial charge in [0.2, 0.25) is 0 Å². The van der Waals surface area contributed by atoms with Crippen LogP contribution in [0.25, 0.3) is 0 Å². The normalized spacial score (nSPS) is 17.9. The Hall–Kier alpha value is -0.410. The summed E-state index contributed by atoms with van der Waals surface area (Å²) < 4.78 is 13.3. The van der Waals surface area contributed by atoms with Crippen molar-refractivity contribution < 1.29 is 4.21 Å². The lowest BCUT2D eigenvalue weighted by Crippen LogP contribution is -2.16. The zero-order valence-electron chi connectivity index (χ0n) is 9.83. The standard InChI is InChI=1S/C9H15NOS.C2H6/c1-8-5-4-6-9(7-8)12(11)10(2)3;1-2/h6-7H,4-5H2,1-3H3;1-2H3. The highest BCUT2D eigenvalue weighted by atomic mass is 32.2. The molecular weight excluding hydrogens is 194 g/mol. The molecule has 1 aliphatic rings. The molecule has 1 rings (SSSR count). The summed E-state index contributed by atoms with van der Waals surface area (Å²) in [6, 6.07) is 0. The quantitative estimate of drug-likeness (QED) is 0.693. The van der Waals surface area contributed by atoms with E-state index in [1.807, 2.05) is 34.0 Å². The van der Waals surface area contributed by atoms with E-state index < -0.39 is 11.0 Å². The summed E-state index contributed by atoms with van der Waals surface area (Å²) in [5.74, 6) is 0. The van der Waals surface area contributed by atoms with E-state index in [0.717, 1.165) is 17.7 Å². The third kappa shape index (κ3) is 4.20. The van der Waals surface area contributed by atoms with E-state index >= 15 is 0 Å². The van der Waals surface area contributed by atoms with E-state index in [2.05, 4.69) is 13.0 Å². The van der Waals surface area contributed by atoms with Gasteiger partial charge in [0.15, 0.2) is 0 Å². The van der Waals surface area contributed by atoms with Crippen LogP contribution in [0.15, 0.2) is 22.6 Å². The molecule has 0 aromatic heterocycles. The Morgan fingerprint density at radius 3 is 2.36 bits per heavy atom. The van der Waals surface area contributed by atoms with Crippen molar-refractivity contribution in [2.75, 3.05) is 14.1 Å². The van der Waals surface area contributed by atoms with Gasteiger partial charge in [0.05, 0.1) is 4.91 Å². The Morgan fingerprint density at radius 1 is 1.36 bits per heavy atom. The van der Waals surface area contributed by atoms with Gasteiger partial charge in [-0.25, -0.2) is 8.51 Å². The Kier molecular flexibility index (Phi) is 6.75.